The summed E-state index contributed by atoms with van der Waals surface area (Å²) in [4.78, 5) is 23.5. The van der Waals surface area contributed by atoms with Crippen molar-refractivity contribution in [1.82, 2.24) is 4.90 Å². The summed E-state index contributed by atoms with van der Waals surface area (Å²) in [5.74, 6) is -0.486. The Labute approximate surface area is 127 Å². The number of benzene rings is 1. The number of nitro groups is 1. The van der Waals surface area contributed by atoms with Gasteiger partial charge in [-0.05, 0) is 19.4 Å². The van der Waals surface area contributed by atoms with E-state index in [1.165, 1.54) is 11.8 Å². The first-order chi connectivity index (χ1) is 9.59. The summed E-state index contributed by atoms with van der Waals surface area (Å²) in [5, 5.41) is 11.0. The fraction of sp³-hybridized carbons (Fsp3) is 0.417. The van der Waals surface area contributed by atoms with E-state index in [9.17, 15) is 23.3 Å². The van der Waals surface area contributed by atoms with Crippen LogP contribution in [0.5, 0.6) is 0 Å². The second-order valence-corrected chi connectivity index (χ2v) is 7.10. The number of hydrogen-bond acceptors (Lipinski definition) is 5. The van der Waals surface area contributed by atoms with Gasteiger partial charge in [0, 0.05) is 35.9 Å². The fourth-order valence-corrected chi connectivity index (χ4v) is 2.65. The van der Waals surface area contributed by atoms with E-state index < -0.39 is 30.5 Å². The molecule has 1 rings (SSSR count). The molecule has 9 heteroatoms. The molecular weight excluding hydrogens is 320 g/mol. The fourth-order valence-electron chi connectivity index (χ4n) is 1.87. The summed E-state index contributed by atoms with van der Waals surface area (Å²) in [6.07, 6.45) is 0.705. The highest BCUT2D eigenvalue weighted by molar-refractivity contribution is 8.13. The van der Waals surface area contributed by atoms with E-state index >= 15 is 0 Å². The number of carbonyl (C=O) groups excluding carboxylic acids is 1. The predicted octanol–water partition coefficient (Wildman–Crippen LogP) is 2.31. The van der Waals surface area contributed by atoms with Crippen LogP contribution in [0.3, 0.4) is 0 Å². The minimum atomic E-state index is -4.17. The van der Waals surface area contributed by atoms with Crippen molar-refractivity contribution in [3.63, 3.8) is 0 Å². The SMILES string of the molecule is CCCN(C)C(=O)c1cc(S(=O)(=O)Cl)cc([N+](=O)[O-])c1C. The van der Waals surface area contributed by atoms with Gasteiger partial charge in [0.25, 0.3) is 20.6 Å². The van der Waals surface area contributed by atoms with Crippen LogP contribution in [0.4, 0.5) is 5.69 Å². The summed E-state index contributed by atoms with van der Waals surface area (Å²) in [5.41, 5.74) is -0.388. The van der Waals surface area contributed by atoms with Crippen LogP contribution in [-0.4, -0.2) is 37.7 Å². The maximum atomic E-state index is 12.3. The molecule has 0 saturated heterocycles. The van der Waals surface area contributed by atoms with Gasteiger partial charge < -0.3 is 4.90 Å². The summed E-state index contributed by atoms with van der Waals surface area (Å²) < 4.78 is 22.8. The number of carbonyl (C=O) groups is 1. The monoisotopic (exact) mass is 334 g/mol. The maximum Gasteiger partial charge on any atom is 0.274 e. The summed E-state index contributed by atoms with van der Waals surface area (Å²) >= 11 is 0. The van der Waals surface area contributed by atoms with E-state index in [0.29, 0.717) is 13.0 Å². The third kappa shape index (κ3) is 3.92. The Balaban J connectivity index is 3.54. The van der Waals surface area contributed by atoms with Gasteiger partial charge in [0.2, 0.25) is 0 Å². The lowest BCUT2D eigenvalue weighted by molar-refractivity contribution is -0.385. The van der Waals surface area contributed by atoms with Crippen LogP contribution >= 0.6 is 10.7 Å². The molecule has 1 amide bonds. The van der Waals surface area contributed by atoms with Gasteiger partial charge in [-0.25, -0.2) is 8.42 Å². The molecule has 0 atom stereocenters. The van der Waals surface area contributed by atoms with Crippen molar-refractivity contribution >= 4 is 31.3 Å². The van der Waals surface area contributed by atoms with Crippen LogP contribution in [0.1, 0.15) is 29.3 Å². The Kier molecular flexibility index (Phi) is 5.30. The van der Waals surface area contributed by atoms with Crippen LogP contribution < -0.4 is 0 Å². The average molecular weight is 335 g/mol. The van der Waals surface area contributed by atoms with Crippen LogP contribution in [0, 0.1) is 17.0 Å². The zero-order chi connectivity index (χ0) is 16.4. The summed E-state index contributed by atoms with van der Waals surface area (Å²) in [6.45, 7) is 3.72. The Morgan fingerprint density at radius 2 is 2.00 bits per heavy atom. The summed E-state index contributed by atoms with van der Waals surface area (Å²) in [6, 6.07) is 1.92. The van der Waals surface area contributed by atoms with Crippen molar-refractivity contribution in [2.24, 2.45) is 0 Å². The van der Waals surface area contributed by atoms with Crippen LogP contribution in [0.2, 0.25) is 0 Å². The highest BCUT2D eigenvalue weighted by Crippen LogP contribution is 2.28. The summed E-state index contributed by atoms with van der Waals surface area (Å²) in [7, 11) is 2.60. The average Bonchev–Trinajstić information content (AvgIpc) is 2.36. The van der Waals surface area contributed by atoms with Crippen molar-refractivity contribution in [2.75, 3.05) is 13.6 Å². The number of rotatable bonds is 5. The van der Waals surface area contributed by atoms with Gasteiger partial charge in [0.05, 0.1) is 15.4 Å². The molecule has 1 aromatic carbocycles. The predicted molar refractivity (Wildman–Crippen MR) is 78.1 cm³/mol. The molecule has 0 saturated carbocycles. The Bertz CT molecular complexity index is 687. The molecule has 0 aliphatic rings. The molecule has 0 radical (unpaired) electrons. The molecule has 0 spiro atoms. The van der Waals surface area contributed by atoms with Gasteiger partial charge in [-0.15, -0.1) is 0 Å². The number of amides is 1. The minimum Gasteiger partial charge on any atom is -0.342 e. The van der Waals surface area contributed by atoms with Gasteiger partial charge in [-0.2, -0.15) is 0 Å². The molecule has 0 aromatic heterocycles. The lowest BCUT2D eigenvalue weighted by Gasteiger charge is -2.17. The molecular formula is C12H15ClN2O5S. The van der Waals surface area contributed by atoms with Gasteiger partial charge in [-0.1, -0.05) is 6.92 Å². The highest BCUT2D eigenvalue weighted by atomic mass is 35.7. The van der Waals surface area contributed by atoms with E-state index in [1.807, 2.05) is 6.92 Å². The number of nitrogens with zero attached hydrogens (tertiary/aromatic N) is 2. The largest absolute Gasteiger partial charge is 0.342 e. The molecule has 0 aliphatic carbocycles. The third-order valence-corrected chi connectivity index (χ3v) is 4.30. The van der Waals surface area contributed by atoms with E-state index in [2.05, 4.69) is 0 Å². The number of nitro benzene ring substituents is 1. The van der Waals surface area contributed by atoms with E-state index in [1.54, 1.807) is 7.05 Å². The van der Waals surface area contributed by atoms with Gasteiger partial charge >= 0.3 is 0 Å². The zero-order valence-corrected chi connectivity index (χ0v) is 13.4. The van der Waals surface area contributed by atoms with Crippen molar-refractivity contribution < 1.29 is 18.1 Å². The van der Waals surface area contributed by atoms with Crippen molar-refractivity contribution in [3.8, 4) is 0 Å². The second kappa shape index (κ2) is 6.40. The van der Waals surface area contributed by atoms with Crippen LogP contribution in [-0.2, 0) is 9.05 Å². The molecule has 116 valence electrons. The van der Waals surface area contributed by atoms with Crippen molar-refractivity contribution in [2.45, 2.75) is 25.2 Å². The normalized spacial score (nSPS) is 11.2. The first-order valence-electron chi connectivity index (χ1n) is 6.08. The highest BCUT2D eigenvalue weighted by Gasteiger charge is 2.25. The van der Waals surface area contributed by atoms with Crippen molar-refractivity contribution in [1.29, 1.82) is 0 Å². The molecule has 0 N–H and O–H groups in total. The molecule has 0 heterocycles. The van der Waals surface area contributed by atoms with Gasteiger partial charge in [0.1, 0.15) is 0 Å². The lowest BCUT2D eigenvalue weighted by Crippen LogP contribution is -2.28. The van der Waals surface area contributed by atoms with Crippen LogP contribution in [0.25, 0.3) is 0 Å². The topological polar surface area (TPSA) is 97.6 Å². The molecule has 0 unspecified atom stereocenters. The first-order valence-corrected chi connectivity index (χ1v) is 8.39. The van der Waals surface area contributed by atoms with E-state index in [4.69, 9.17) is 10.7 Å². The molecule has 1 aromatic rings. The minimum absolute atomic E-state index is 0.0422. The zero-order valence-electron chi connectivity index (χ0n) is 11.8. The third-order valence-electron chi connectivity index (χ3n) is 2.97. The molecule has 0 aliphatic heterocycles. The van der Waals surface area contributed by atoms with E-state index in [0.717, 1.165) is 12.1 Å². The Morgan fingerprint density at radius 1 is 1.43 bits per heavy atom. The smallest absolute Gasteiger partial charge is 0.274 e. The second-order valence-electron chi connectivity index (χ2n) is 4.54. The first kappa shape index (κ1) is 17.4. The van der Waals surface area contributed by atoms with Gasteiger partial charge in [0.15, 0.2) is 0 Å². The molecule has 21 heavy (non-hydrogen) atoms. The number of halogens is 1. The standard InChI is InChI=1S/C12H15ClN2O5S/c1-4-5-14(3)12(16)10-6-9(21(13,19)20)7-11(8(10)2)15(17)18/h6-7H,4-5H2,1-3H3. The van der Waals surface area contributed by atoms with Crippen LogP contribution in [0.15, 0.2) is 17.0 Å². The lowest BCUT2D eigenvalue weighted by atomic mass is 10.1. The quantitative estimate of drug-likeness (QED) is 0.467. The van der Waals surface area contributed by atoms with Crippen molar-refractivity contribution in [3.05, 3.63) is 33.4 Å². The number of hydrogen-bond donors (Lipinski definition) is 0. The Morgan fingerprint density at radius 3 is 2.43 bits per heavy atom. The molecule has 7 nitrogen and oxygen atoms in total. The van der Waals surface area contributed by atoms with Gasteiger partial charge in [-0.3, -0.25) is 14.9 Å². The van der Waals surface area contributed by atoms with E-state index in [-0.39, 0.29) is 11.1 Å². The maximum absolute atomic E-state index is 12.3. The Hall–Kier alpha value is -1.67. The molecule has 0 bridgehead atoms. The molecule has 0 fully saturated rings.